The molecule has 0 fully saturated rings. The Morgan fingerprint density at radius 1 is 1.38 bits per heavy atom. The number of hydrogen-bond acceptors (Lipinski definition) is 3. The second-order valence-corrected chi connectivity index (χ2v) is 6.28. The van der Waals surface area contributed by atoms with Crippen molar-refractivity contribution in [1.29, 1.82) is 0 Å². The summed E-state index contributed by atoms with van der Waals surface area (Å²) in [4.78, 5) is 10.5. The highest BCUT2D eigenvalue weighted by molar-refractivity contribution is 7.59. The Kier molecular flexibility index (Phi) is 4.71. The predicted molar refractivity (Wildman–Crippen MR) is 61.9 cm³/mol. The molecule has 0 radical (unpaired) electrons. The van der Waals surface area contributed by atoms with E-state index in [1.807, 2.05) is 30.3 Å². The van der Waals surface area contributed by atoms with Crippen molar-refractivity contribution in [3.8, 4) is 0 Å². The van der Waals surface area contributed by atoms with Crippen LogP contribution in [0.1, 0.15) is 12.5 Å². The van der Waals surface area contributed by atoms with Gasteiger partial charge in [-0.1, -0.05) is 37.3 Å². The van der Waals surface area contributed by atoms with Gasteiger partial charge in [-0.15, -0.1) is 0 Å². The average molecular weight is 242 g/mol. The van der Waals surface area contributed by atoms with Crippen LogP contribution in [0.2, 0.25) is 0 Å². The van der Waals surface area contributed by atoms with E-state index in [4.69, 9.17) is 9.63 Å². The third-order valence-corrected chi connectivity index (χ3v) is 4.48. The molecule has 0 saturated heterocycles. The Bertz CT molecular complexity index is 388. The molecule has 0 spiro atoms. The average Bonchev–Trinajstić information content (AvgIpc) is 2.27. The minimum atomic E-state index is -3.02. The standard InChI is InChI=1S/C11H15O4P/c1-2-16(14,9-11(12)13)15-8-10-6-4-3-5-7-10/h3-7H,2,8-9H2,1H3,(H,12,13). The number of rotatable bonds is 6. The fourth-order valence-electron chi connectivity index (χ4n) is 1.22. The van der Waals surface area contributed by atoms with Crippen LogP contribution in [0, 0.1) is 0 Å². The maximum atomic E-state index is 12.0. The Balaban J connectivity index is 2.58. The zero-order valence-corrected chi connectivity index (χ0v) is 10.0. The first kappa shape index (κ1) is 12.9. The zero-order chi connectivity index (χ0) is 12.0. The summed E-state index contributed by atoms with van der Waals surface area (Å²) in [6.07, 6.45) is -0.164. The van der Waals surface area contributed by atoms with Crippen molar-refractivity contribution >= 4 is 13.3 Å². The van der Waals surface area contributed by atoms with Gasteiger partial charge in [-0.05, 0) is 5.56 Å². The van der Waals surface area contributed by atoms with E-state index in [9.17, 15) is 9.36 Å². The van der Waals surface area contributed by atoms with Crippen molar-refractivity contribution in [3.63, 3.8) is 0 Å². The summed E-state index contributed by atoms with van der Waals surface area (Å²) >= 11 is 0. The van der Waals surface area contributed by atoms with Crippen molar-refractivity contribution in [2.45, 2.75) is 13.5 Å². The van der Waals surface area contributed by atoms with Crippen LogP contribution in [-0.2, 0) is 20.5 Å². The lowest BCUT2D eigenvalue weighted by Gasteiger charge is -2.14. The maximum absolute atomic E-state index is 12.0. The molecule has 1 aromatic rings. The summed E-state index contributed by atoms with van der Waals surface area (Å²) in [5.74, 6) is -1.08. The third kappa shape index (κ3) is 4.17. The molecule has 0 bridgehead atoms. The molecular weight excluding hydrogens is 227 g/mol. The molecule has 0 aliphatic rings. The molecule has 1 rings (SSSR count). The summed E-state index contributed by atoms with van der Waals surface area (Å²) < 4.78 is 17.2. The van der Waals surface area contributed by atoms with E-state index in [1.54, 1.807) is 6.92 Å². The Hall–Kier alpha value is -1.12. The fourth-order valence-corrected chi connectivity index (χ4v) is 2.52. The SMILES string of the molecule is CCP(=O)(CC(=O)O)OCc1ccccc1. The topological polar surface area (TPSA) is 63.6 Å². The maximum Gasteiger partial charge on any atom is 0.313 e. The van der Waals surface area contributed by atoms with E-state index in [-0.39, 0.29) is 12.8 Å². The molecule has 1 atom stereocenters. The highest BCUT2D eigenvalue weighted by Gasteiger charge is 2.24. The van der Waals surface area contributed by atoms with E-state index >= 15 is 0 Å². The Morgan fingerprint density at radius 2 is 2.00 bits per heavy atom. The number of benzene rings is 1. The normalized spacial score (nSPS) is 14.3. The van der Waals surface area contributed by atoms with Crippen molar-refractivity contribution in [2.75, 3.05) is 12.3 Å². The lowest BCUT2D eigenvalue weighted by Crippen LogP contribution is -2.07. The van der Waals surface area contributed by atoms with E-state index in [0.29, 0.717) is 0 Å². The number of aliphatic carboxylic acids is 1. The van der Waals surface area contributed by atoms with Crippen molar-refractivity contribution in [1.82, 2.24) is 0 Å². The predicted octanol–water partition coefficient (Wildman–Crippen LogP) is 2.59. The van der Waals surface area contributed by atoms with Gasteiger partial charge in [-0.25, -0.2) is 0 Å². The molecule has 0 aromatic heterocycles. The quantitative estimate of drug-likeness (QED) is 0.779. The van der Waals surface area contributed by atoms with Gasteiger partial charge < -0.3 is 9.63 Å². The lowest BCUT2D eigenvalue weighted by atomic mass is 10.2. The first-order chi connectivity index (χ1) is 7.56. The largest absolute Gasteiger partial charge is 0.481 e. The van der Waals surface area contributed by atoms with Crippen LogP contribution < -0.4 is 0 Å². The number of carbonyl (C=O) groups is 1. The Labute approximate surface area is 94.7 Å². The molecule has 5 heteroatoms. The van der Waals surface area contributed by atoms with Crippen LogP contribution in [0.3, 0.4) is 0 Å². The number of hydrogen-bond donors (Lipinski definition) is 1. The monoisotopic (exact) mass is 242 g/mol. The Morgan fingerprint density at radius 3 is 2.50 bits per heavy atom. The van der Waals surface area contributed by atoms with E-state index in [0.717, 1.165) is 5.56 Å². The molecule has 1 unspecified atom stereocenters. The summed E-state index contributed by atoms with van der Waals surface area (Å²) in [5, 5.41) is 8.63. The van der Waals surface area contributed by atoms with Gasteiger partial charge in [0.2, 0.25) is 7.37 Å². The van der Waals surface area contributed by atoms with Crippen molar-refractivity contribution < 1.29 is 19.0 Å². The smallest absolute Gasteiger partial charge is 0.313 e. The zero-order valence-electron chi connectivity index (χ0n) is 9.13. The van der Waals surface area contributed by atoms with Gasteiger partial charge in [0.05, 0.1) is 6.61 Å². The summed E-state index contributed by atoms with van der Waals surface area (Å²) in [5.41, 5.74) is 0.890. The fraction of sp³-hybridized carbons (Fsp3) is 0.364. The van der Waals surface area contributed by atoms with E-state index in [2.05, 4.69) is 0 Å². The molecule has 0 saturated carbocycles. The summed E-state index contributed by atoms with van der Waals surface area (Å²) in [6.45, 7) is 1.87. The first-order valence-electron chi connectivity index (χ1n) is 5.04. The molecule has 0 aliphatic heterocycles. The van der Waals surface area contributed by atoms with Crippen LogP contribution in [0.4, 0.5) is 0 Å². The van der Waals surface area contributed by atoms with Crippen LogP contribution >= 0.6 is 7.37 Å². The molecule has 0 heterocycles. The van der Waals surface area contributed by atoms with Gasteiger partial charge >= 0.3 is 5.97 Å². The molecule has 0 amide bonds. The van der Waals surface area contributed by atoms with Gasteiger partial charge in [0, 0.05) is 6.16 Å². The van der Waals surface area contributed by atoms with E-state index in [1.165, 1.54) is 0 Å². The highest BCUT2D eigenvalue weighted by Crippen LogP contribution is 2.46. The molecule has 16 heavy (non-hydrogen) atoms. The van der Waals surface area contributed by atoms with Gasteiger partial charge in [0.25, 0.3) is 0 Å². The molecule has 1 N–H and O–H groups in total. The van der Waals surface area contributed by atoms with Crippen LogP contribution in [0.25, 0.3) is 0 Å². The van der Waals surface area contributed by atoms with Gasteiger partial charge in [-0.3, -0.25) is 9.36 Å². The number of carboxylic acid groups (broad SMARTS) is 1. The van der Waals surface area contributed by atoms with E-state index < -0.39 is 19.5 Å². The summed E-state index contributed by atoms with van der Waals surface area (Å²) in [7, 11) is -3.02. The molecule has 0 aliphatic carbocycles. The number of carboxylic acids is 1. The minimum absolute atomic E-state index is 0.194. The van der Waals surface area contributed by atoms with Crippen LogP contribution in [0.5, 0.6) is 0 Å². The van der Waals surface area contributed by atoms with Gasteiger partial charge in [0.1, 0.15) is 6.16 Å². The lowest BCUT2D eigenvalue weighted by molar-refractivity contribution is -0.134. The summed E-state index contributed by atoms with van der Waals surface area (Å²) in [6, 6.07) is 9.28. The van der Waals surface area contributed by atoms with Crippen LogP contribution in [0.15, 0.2) is 30.3 Å². The van der Waals surface area contributed by atoms with Gasteiger partial charge in [-0.2, -0.15) is 0 Å². The second kappa shape index (κ2) is 5.83. The minimum Gasteiger partial charge on any atom is -0.481 e. The van der Waals surface area contributed by atoms with Gasteiger partial charge in [0.15, 0.2) is 0 Å². The van der Waals surface area contributed by atoms with Crippen LogP contribution in [-0.4, -0.2) is 23.4 Å². The molecule has 88 valence electrons. The molecule has 4 nitrogen and oxygen atoms in total. The third-order valence-electron chi connectivity index (χ3n) is 2.17. The molecular formula is C11H15O4P. The highest BCUT2D eigenvalue weighted by atomic mass is 31.2. The van der Waals surface area contributed by atoms with Crippen molar-refractivity contribution in [3.05, 3.63) is 35.9 Å². The van der Waals surface area contributed by atoms with Crippen molar-refractivity contribution in [2.24, 2.45) is 0 Å². The molecule has 1 aromatic carbocycles. The first-order valence-corrected chi connectivity index (χ1v) is 7.03. The second-order valence-electron chi connectivity index (χ2n) is 3.44.